The molecule has 0 saturated carbocycles. The van der Waals surface area contributed by atoms with Crippen LogP contribution in [0.15, 0.2) is 28.7 Å². The minimum atomic E-state index is -0.592. The largest absolute Gasteiger partial charge is 0.469 e. The zero-order chi connectivity index (χ0) is 18.4. The highest BCUT2D eigenvalue weighted by molar-refractivity contribution is 9.10. The summed E-state index contributed by atoms with van der Waals surface area (Å²) in [5.41, 5.74) is 0.415. The Morgan fingerprint density at radius 3 is 2.40 bits per heavy atom. The van der Waals surface area contributed by atoms with E-state index in [0.717, 1.165) is 10.0 Å². The van der Waals surface area contributed by atoms with Gasteiger partial charge in [0.15, 0.2) is 0 Å². The van der Waals surface area contributed by atoms with Crippen molar-refractivity contribution >= 4 is 27.8 Å². The molecule has 1 fully saturated rings. The molecule has 0 spiro atoms. The molecule has 1 amide bonds. The predicted molar refractivity (Wildman–Crippen MR) is 99.3 cm³/mol. The highest BCUT2D eigenvalue weighted by Gasteiger charge is 2.44. The molecule has 6 heteroatoms. The lowest BCUT2D eigenvalue weighted by Crippen LogP contribution is -2.51. The van der Waals surface area contributed by atoms with Crippen LogP contribution in [0, 0.1) is 5.92 Å². The van der Waals surface area contributed by atoms with E-state index in [2.05, 4.69) is 15.9 Å². The number of nitrogens with zero attached hydrogens (tertiary/aromatic N) is 1. The standard InChI is InChI=1S/C19H26BrNO4/c1-4-21(13-14(2)17(22)24-3)18(23)19(9-11-25-12-10-19)15-5-7-16(20)8-6-15/h5-8,14H,4,9-13H2,1-3H3. The van der Waals surface area contributed by atoms with Crippen molar-refractivity contribution in [3.63, 3.8) is 0 Å². The maximum Gasteiger partial charge on any atom is 0.310 e. The van der Waals surface area contributed by atoms with Gasteiger partial charge in [0.05, 0.1) is 18.4 Å². The van der Waals surface area contributed by atoms with Gasteiger partial charge in [-0.1, -0.05) is 35.0 Å². The van der Waals surface area contributed by atoms with Crippen LogP contribution >= 0.6 is 15.9 Å². The number of amides is 1. The molecule has 0 N–H and O–H groups in total. The lowest BCUT2D eigenvalue weighted by molar-refractivity contribution is -0.148. The van der Waals surface area contributed by atoms with Gasteiger partial charge in [0, 0.05) is 30.8 Å². The fourth-order valence-electron chi connectivity index (χ4n) is 3.38. The lowest BCUT2D eigenvalue weighted by Gasteiger charge is -2.40. The summed E-state index contributed by atoms with van der Waals surface area (Å²) >= 11 is 3.45. The first-order valence-electron chi connectivity index (χ1n) is 8.65. The van der Waals surface area contributed by atoms with Gasteiger partial charge in [-0.2, -0.15) is 0 Å². The summed E-state index contributed by atoms with van der Waals surface area (Å²) < 4.78 is 11.3. The molecular formula is C19H26BrNO4. The minimum Gasteiger partial charge on any atom is -0.469 e. The number of methoxy groups -OCH3 is 1. The Labute approximate surface area is 157 Å². The number of likely N-dealkylation sites (N-methyl/N-ethyl adjacent to an activating group) is 1. The quantitative estimate of drug-likeness (QED) is 0.674. The Balaban J connectivity index is 2.30. The Kier molecular flexibility index (Phi) is 7.02. The highest BCUT2D eigenvalue weighted by Crippen LogP contribution is 2.37. The molecule has 5 nitrogen and oxygen atoms in total. The summed E-state index contributed by atoms with van der Waals surface area (Å²) in [5, 5.41) is 0. The van der Waals surface area contributed by atoms with Crippen molar-refractivity contribution in [1.29, 1.82) is 0 Å². The third-order valence-corrected chi connectivity index (χ3v) is 5.45. The van der Waals surface area contributed by atoms with Crippen LogP contribution in [0.25, 0.3) is 0 Å². The van der Waals surface area contributed by atoms with Gasteiger partial charge in [-0.3, -0.25) is 9.59 Å². The molecule has 2 rings (SSSR count). The van der Waals surface area contributed by atoms with Crippen LogP contribution in [-0.2, 0) is 24.5 Å². The van der Waals surface area contributed by atoms with Crippen LogP contribution in [0.3, 0.4) is 0 Å². The van der Waals surface area contributed by atoms with E-state index in [1.165, 1.54) is 7.11 Å². The minimum absolute atomic E-state index is 0.0661. The summed E-state index contributed by atoms with van der Waals surface area (Å²) in [6.45, 7) is 5.77. The molecule has 0 bridgehead atoms. The zero-order valence-corrected chi connectivity index (χ0v) is 16.7. The molecule has 1 aliphatic heterocycles. The van der Waals surface area contributed by atoms with Crippen molar-refractivity contribution in [3.8, 4) is 0 Å². The third kappa shape index (κ3) is 4.42. The first-order chi connectivity index (χ1) is 11.9. The van der Waals surface area contributed by atoms with E-state index in [0.29, 0.717) is 39.1 Å². The topological polar surface area (TPSA) is 55.8 Å². The molecule has 0 aromatic heterocycles. The van der Waals surface area contributed by atoms with Gasteiger partial charge < -0.3 is 14.4 Å². The van der Waals surface area contributed by atoms with Crippen molar-refractivity contribution in [1.82, 2.24) is 4.90 Å². The van der Waals surface area contributed by atoms with Gasteiger partial charge in [0.25, 0.3) is 0 Å². The number of esters is 1. The molecule has 1 aliphatic rings. The van der Waals surface area contributed by atoms with E-state index in [-0.39, 0.29) is 17.8 Å². The second-order valence-corrected chi connectivity index (χ2v) is 7.39. The number of halogens is 1. The first-order valence-corrected chi connectivity index (χ1v) is 9.45. The van der Waals surface area contributed by atoms with Crippen molar-refractivity contribution in [2.24, 2.45) is 5.92 Å². The SMILES string of the molecule is CCN(CC(C)C(=O)OC)C(=O)C1(c2ccc(Br)cc2)CCOCC1. The molecular weight excluding hydrogens is 386 g/mol. The molecule has 1 unspecified atom stereocenters. The van der Waals surface area contributed by atoms with Gasteiger partial charge in [-0.15, -0.1) is 0 Å². The second-order valence-electron chi connectivity index (χ2n) is 6.47. The van der Waals surface area contributed by atoms with E-state index in [1.807, 2.05) is 31.2 Å². The molecule has 1 atom stereocenters. The summed E-state index contributed by atoms with van der Waals surface area (Å²) in [6, 6.07) is 7.94. The lowest BCUT2D eigenvalue weighted by atomic mass is 9.73. The average Bonchev–Trinajstić information content (AvgIpc) is 2.65. The summed E-state index contributed by atoms with van der Waals surface area (Å²) in [5.74, 6) is -0.581. The normalized spacial score (nSPS) is 17.6. The fraction of sp³-hybridized carbons (Fsp3) is 0.579. The Morgan fingerprint density at radius 1 is 1.28 bits per heavy atom. The smallest absolute Gasteiger partial charge is 0.310 e. The highest BCUT2D eigenvalue weighted by atomic mass is 79.9. The molecule has 1 aromatic carbocycles. The van der Waals surface area contributed by atoms with Crippen molar-refractivity contribution in [2.75, 3.05) is 33.4 Å². The number of rotatable bonds is 6. The van der Waals surface area contributed by atoms with Crippen LogP contribution in [0.5, 0.6) is 0 Å². The first kappa shape index (κ1) is 19.9. The number of carbonyl (C=O) groups excluding carboxylic acids is 2. The molecule has 1 saturated heterocycles. The molecule has 0 aliphatic carbocycles. The predicted octanol–water partition coefficient (Wildman–Crippen LogP) is 3.15. The zero-order valence-electron chi connectivity index (χ0n) is 15.1. The van der Waals surface area contributed by atoms with Gasteiger partial charge in [0.1, 0.15) is 0 Å². The van der Waals surface area contributed by atoms with Crippen LogP contribution in [0.4, 0.5) is 0 Å². The van der Waals surface area contributed by atoms with Gasteiger partial charge in [-0.05, 0) is 37.5 Å². The van der Waals surface area contributed by atoms with Crippen molar-refractivity contribution < 1.29 is 19.1 Å². The van der Waals surface area contributed by atoms with Crippen LogP contribution in [0.2, 0.25) is 0 Å². The Morgan fingerprint density at radius 2 is 1.88 bits per heavy atom. The van der Waals surface area contributed by atoms with Crippen LogP contribution in [-0.4, -0.2) is 50.2 Å². The van der Waals surface area contributed by atoms with Gasteiger partial charge in [0.2, 0.25) is 5.91 Å². The van der Waals surface area contributed by atoms with E-state index in [1.54, 1.807) is 11.8 Å². The average molecular weight is 412 g/mol. The Hall–Kier alpha value is -1.40. The van der Waals surface area contributed by atoms with Crippen LogP contribution in [0.1, 0.15) is 32.3 Å². The van der Waals surface area contributed by atoms with Crippen LogP contribution < -0.4 is 0 Å². The number of carbonyl (C=O) groups is 2. The summed E-state index contributed by atoms with van der Waals surface area (Å²) in [7, 11) is 1.37. The number of benzene rings is 1. The summed E-state index contributed by atoms with van der Waals surface area (Å²) in [4.78, 5) is 27.0. The van der Waals surface area contributed by atoms with E-state index >= 15 is 0 Å². The molecule has 138 valence electrons. The molecule has 25 heavy (non-hydrogen) atoms. The number of ether oxygens (including phenoxy) is 2. The maximum atomic E-state index is 13.5. The number of hydrogen-bond donors (Lipinski definition) is 0. The Bertz CT molecular complexity index is 596. The van der Waals surface area contributed by atoms with Gasteiger partial charge >= 0.3 is 5.97 Å². The second kappa shape index (κ2) is 8.81. The monoisotopic (exact) mass is 411 g/mol. The van der Waals surface area contributed by atoms with E-state index in [4.69, 9.17) is 9.47 Å². The van der Waals surface area contributed by atoms with Crippen molar-refractivity contribution in [2.45, 2.75) is 32.1 Å². The fourth-order valence-corrected chi connectivity index (χ4v) is 3.64. The molecule has 1 heterocycles. The maximum absolute atomic E-state index is 13.5. The van der Waals surface area contributed by atoms with E-state index in [9.17, 15) is 9.59 Å². The number of hydrogen-bond acceptors (Lipinski definition) is 4. The van der Waals surface area contributed by atoms with Gasteiger partial charge in [-0.25, -0.2) is 0 Å². The summed E-state index contributed by atoms with van der Waals surface area (Å²) in [6.07, 6.45) is 1.30. The molecule has 1 aromatic rings. The van der Waals surface area contributed by atoms with Crippen molar-refractivity contribution in [3.05, 3.63) is 34.3 Å². The third-order valence-electron chi connectivity index (χ3n) is 4.92. The molecule has 0 radical (unpaired) electrons. The van der Waals surface area contributed by atoms with E-state index < -0.39 is 5.41 Å².